The van der Waals surface area contributed by atoms with Crippen LogP contribution in [0, 0.1) is 6.92 Å². The van der Waals surface area contributed by atoms with E-state index >= 15 is 0 Å². The number of hydrogen-bond donors (Lipinski definition) is 2. The van der Waals surface area contributed by atoms with Gasteiger partial charge in [-0.1, -0.05) is 29.8 Å². The average molecular weight is 288 g/mol. The zero-order valence-corrected chi connectivity index (χ0v) is 12.5. The number of hydrogen-bond acceptors (Lipinski definition) is 2. The largest absolute Gasteiger partial charge is 0.363 e. The van der Waals surface area contributed by atoms with Crippen molar-refractivity contribution in [1.29, 1.82) is 0 Å². The van der Waals surface area contributed by atoms with E-state index in [9.17, 15) is 0 Å². The fraction of sp³-hybridized carbons (Fsp3) is 0.333. The van der Waals surface area contributed by atoms with Gasteiger partial charge in [-0.05, 0) is 37.2 Å². The highest BCUT2D eigenvalue weighted by Crippen LogP contribution is 2.02. The normalized spacial score (nSPS) is 10.2. The number of aromatic nitrogens is 2. The second-order valence-corrected chi connectivity index (χ2v) is 5.13. The molecule has 0 aliphatic heterocycles. The summed E-state index contributed by atoms with van der Waals surface area (Å²) in [6, 6.07) is 10.4. The molecule has 2 aromatic rings. The highest BCUT2D eigenvalue weighted by molar-refractivity contribution is 7.80. The lowest BCUT2D eigenvalue weighted by molar-refractivity contribution is 0.571. The predicted octanol–water partition coefficient (Wildman–Crippen LogP) is 2.25. The summed E-state index contributed by atoms with van der Waals surface area (Å²) in [6.07, 6.45) is 4.75. The molecule has 0 bridgehead atoms. The van der Waals surface area contributed by atoms with Crippen LogP contribution in [-0.4, -0.2) is 21.4 Å². The average Bonchev–Trinajstić information content (AvgIpc) is 2.96. The fourth-order valence-corrected chi connectivity index (χ4v) is 2.00. The Hall–Kier alpha value is -1.88. The smallest absolute Gasteiger partial charge is 0.166 e. The number of thiocarbonyl (C=S) groups is 1. The third kappa shape index (κ3) is 5.01. The molecule has 0 radical (unpaired) electrons. The first-order valence-corrected chi connectivity index (χ1v) is 7.19. The molecule has 2 rings (SSSR count). The van der Waals surface area contributed by atoms with Crippen LogP contribution in [0.5, 0.6) is 0 Å². The van der Waals surface area contributed by atoms with Crippen LogP contribution >= 0.6 is 12.2 Å². The molecule has 20 heavy (non-hydrogen) atoms. The second kappa shape index (κ2) is 7.65. The van der Waals surface area contributed by atoms with Gasteiger partial charge in [0, 0.05) is 32.0 Å². The fourth-order valence-electron chi connectivity index (χ4n) is 1.83. The highest BCUT2D eigenvalue weighted by Gasteiger charge is 1.97. The molecular weight excluding hydrogens is 268 g/mol. The molecule has 1 aromatic heterocycles. The number of aryl methyl sites for hydroxylation is 2. The van der Waals surface area contributed by atoms with Crippen molar-refractivity contribution in [1.82, 2.24) is 20.4 Å². The zero-order valence-electron chi connectivity index (χ0n) is 11.7. The van der Waals surface area contributed by atoms with E-state index in [0.717, 1.165) is 26.1 Å². The van der Waals surface area contributed by atoms with Crippen molar-refractivity contribution in [3.63, 3.8) is 0 Å². The van der Waals surface area contributed by atoms with Crippen molar-refractivity contribution in [2.45, 2.75) is 26.4 Å². The van der Waals surface area contributed by atoms with Gasteiger partial charge in [0.25, 0.3) is 0 Å². The lowest BCUT2D eigenvalue weighted by Gasteiger charge is -2.10. The monoisotopic (exact) mass is 288 g/mol. The summed E-state index contributed by atoms with van der Waals surface area (Å²) in [4.78, 5) is 0. The number of rotatable bonds is 6. The Labute approximate surface area is 125 Å². The van der Waals surface area contributed by atoms with Gasteiger partial charge in [-0.3, -0.25) is 4.68 Å². The summed E-state index contributed by atoms with van der Waals surface area (Å²) in [7, 11) is 0. The molecule has 0 saturated carbocycles. The van der Waals surface area contributed by atoms with Gasteiger partial charge in [0.2, 0.25) is 0 Å². The quantitative estimate of drug-likeness (QED) is 0.632. The van der Waals surface area contributed by atoms with Crippen molar-refractivity contribution < 1.29 is 0 Å². The van der Waals surface area contributed by atoms with E-state index in [0.29, 0.717) is 5.11 Å². The van der Waals surface area contributed by atoms with E-state index in [-0.39, 0.29) is 0 Å². The molecule has 0 aliphatic rings. The van der Waals surface area contributed by atoms with Crippen molar-refractivity contribution >= 4 is 17.3 Å². The van der Waals surface area contributed by atoms with E-state index in [2.05, 4.69) is 46.9 Å². The van der Waals surface area contributed by atoms with Gasteiger partial charge in [-0.2, -0.15) is 5.10 Å². The molecule has 5 heteroatoms. The Morgan fingerprint density at radius 3 is 2.75 bits per heavy atom. The molecule has 4 nitrogen and oxygen atoms in total. The standard InChI is InChI=1S/C15H20N4S/c1-13-4-6-14(7-5-13)12-17-15(20)16-8-2-10-19-11-3-9-18-19/h3-7,9,11H,2,8,10,12H2,1H3,(H2,16,17,20). The number of nitrogens with zero attached hydrogens (tertiary/aromatic N) is 2. The summed E-state index contributed by atoms with van der Waals surface area (Å²) in [5, 5.41) is 11.3. The molecule has 1 heterocycles. The Morgan fingerprint density at radius 2 is 2.05 bits per heavy atom. The van der Waals surface area contributed by atoms with Gasteiger partial charge < -0.3 is 10.6 Å². The van der Waals surface area contributed by atoms with Crippen LogP contribution in [-0.2, 0) is 13.1 Å². The minimum atomic E-state index is 0.700. The van der Waals surface area contributed by atoms with Gasteiger partial charge in [-0.25, -0.2) is 0 Å². The molecule has 0 atom stereocenters. The molecule has 0 fully saturated rings. The van der Waals surface area contributed by atoms with Crippen LogP contribution in [0.25, 0.3) is 0 Å². The SMILES string of the molecule is Cc1ccc(CNC(=S)NCCCn2cccn2)cc1. The Kier molecular flexibility index (Phi) is 5.55. The molecule has 0 saturated heterocycles. The van der Waals surface area contributed by atoms with E-state index in [1.807, 2.05) is 16.9 Å². The zero-order chi connectivity index (χ0) is 14.2. The third-order valence-electron chi connectivity index (χ3n) is 2.98. The molecule has 2 N–H and O–H groups in total. The summed E-state index contributed by atoms with van der Waals surface area (Å²) in [6.45, 7) is 4.59. The first-order chi connectivity index (χ1) is 9.74. The van der Waals surface area contributed by atoms with Crippen LogP contribution in [0.3, 0.4) is 0 Å². The van der Waals surface area contributed by atoms with Crippen molar-refractivity contribution in [2.24, 2.45) is 0 Å². The lowest BCUT2D eigenvalue weighted by atomic mass is 10.1. The maximum absolute atomic E-state index is 5.25. The molecule has 0 amide bonds. The van der Waals surface area contributed by atoms with Crippen molar-refractivity contribution in [2.75, 3.05) is 6.54 Å². The summed E-state index contributed by atoms with van der Waals surface area (Å²) < 4.78 is 1.92. The molecule has 1 aromatic carbocycles. The van der Waals surface area contributed by atoms with E-state index < -0.39 is 0 Å². The van der Waals surface area contributed by atoms with E-state index in [4.69, 9.17) is 12.2 Å². The Balaban J connectivity index is 1.59. The maximum Gasteiger partial charge on any atom is 0.166 e. The van der Waals surface area contributed by atoms with E-state index in [1.54, 1.807) is 6.20 Å². The number of benzene rings is 1. The third-order valence-corrected chi connectivity index (χ3v) is 3.27. The van der Waals surface area contributed by atoms with Gasteiger partial charge >= 0.3 is 0 Å². The minimum absolute atomic E-state index is 0.700. The highest BCUT2D eigenvalue weighted by atomic mass is 32.1. The van der Waals surface area contributed by atoms with Gasteiger partial charge in [0.05, 0.1) is 0 Å². The van der Waals surface area contributed by atoms with E-state index in [1.165, 1.54) is 11.1 Å². The maximum atomic E-state index is 5.25. The first-order valence-electron chi connectivity index (χ1n) is 6.79. The second-order valence-electron chi connectivity index (χ2n) is 4.72. The summed E-state index contributed by atoms with van der Waals surface area (Å²) >= 11 is 5.25. The summed E-state index contributed by atoms with van der Waals surface area (Å²) in [5.74, 6) is 0. The Bertz CT molecular complexity index is 519. The molecule has 0 aliphatic carbocycles. The topological polar surface area (TPSA) is 41.9 Å². The predicted molar refractivity (Wildman–Crippen MR) is 85.5 cm³/mol. The van der Waals surface area contributed by atoms with Crippen LogP contribution < -0.4 is 10.6 Å². The van der Waals surface area contributed by atoms with Crippen molar-refractivity contribution in [3.8, 4) is 0 Å². The van der Waals surface area contributed by atoms with Crippen LogP contribution in [0.15, 0.2) is 42.7 Å². The van der Waals surface area contributed by atoms with Crippen molar-refractivity contribution in [3.05, 3.63) is 53.9 Å². The van der Waals surface area contributed by atoms with Crippen LogP contribution in [0.1, 0.15) is 17.5 Å². The lowest BCUT2D eigenvalue weighted by Crippen LogP contribution is -2.35. The Morgan fingerprint density at radius 1 is 1.25 bits per heavy atom. The summed E-state index contributed by atoms with van der Waals surface area (Å²) in [5.41, 5.74) is 2.50. The van der Waals surface area contributed by atoms with Gasteiger partial charge in [0.15, 0.2) is 5.11 Å². The van der Waals surface area contributed by atoms with Crippen LogP contribution in [0.2, 0.25) is 0 Å². The molecular formula is C15H20N4S. The first kappa shape index (κ1) is 14.5. The molecule has 0 spiro atoms. The molecule has 0 unspecified atom stereocenters. The van der Waals surface area contributed by atoms with Gasteiger partial charge in [-0.15, -0.1) is 0 Å². The van der Waals surface area contributed by atoms with Crippen LogP contribution in [0.4, 0.5) is 0 Å². The minimum Gasteiger partial charge on any atom is -0.363 e. The number of nitrogens with one attached hydrogen (secondary N) is 2. The molecule has 106 valence electrons. The van der Waals surface area contributed by atoms with Gasteiger partial charge in [0.1, 0.15) is 0 Å².